The molecular weight excluding hydrogens is 403 g/mol. The summed E-state index contributed by atoms with van der Waals surface area (Å²) in [5.41, 5.74) is 7.47. The SMILES string of the molecule is Cc1cc(-c2ncc(CNC(=O)c3cc(C)c(-c4cccc(F)c4)cn3)cc2C)ccn1. The minimum atomic E-state index is -0.308. The Labute approximate surface area is 186 Å². The number of aromatic nitrogens is 3. The molecule has 0 unspecified atom stereocenters. The van der Waals surface area contributed by atoms with Gasteiger partial charge < -0.3 is 5.32 Å². The van der Waals surface area contributed by atoms with E-state index in [4.69, 9.17) is 0 Å². The highest BCUT2D eigenvalue weighted by Gasteiger charge is 2.12. The number of nitrogens with one attached hydrogen (secondary N) is 1. The Bertz CT molecular complexity index is 1300. The highest BCUT2D eigenvalue weighted by atomic mass is 19.1. The quantitative estimate of drug-likeness (QED) is 0.476. The van der Waals surface area contributed by atoms with Gasteiger partial charge in [0.25, 0.3) is 5.91 Å². The van der Waals surface area contributed by atoms with Crippen molar-refractivity contribution in [1.29, 1.82) is 0 Å². The van der Waals surface area contributed by atoms with E-state index in [-0.39, 0.29) is 11.7 Å². The number of pyridine rings is 3. The number of benzene rings is 1. The van der Waals surface area contributed by atoms with Crippen molar-refractivity contribution in [3.8, 4) is 22.4 Å². The van der Waals surface area contributed by atoms with E-state index in [1.807, 2.05) is 45.0 Å². The van der Waals surface area contributed by atoms with Gasteiger partial charge in [-0.15, -0.1) is 0 Å². The van der Waals surface area contributed by atoms with E-state index in [9.17, 15) is 9.18 Å². The number of nitrogens with zero attached hydrogens (tertiary/aromatic N) is 3. The highest BCUT2D eigenvalue weighted by molar-refractivity contribution is 5.93. The number of aryl methyl sites for hydroxylation is 3. The highest BCUT2D eigenvalue weighted by Crippen LogP contribution is 2.24. The van der Waals surface area contributed by atoms with E-state index >= 15 is 0 Å². The summed E-state index contributed by atoms with van der Waals surface area (Å²) in [4.78, 5) is 25.7. The lowest BCUT2D eigenvalue weighted by atomic mass is 10.0. The van der Waals surface area contributed by atoms with Crippen molar-refractivity contribution >= 4 is 5.91 Å². The second-order valence-corrected chi connectivity index (χ2v) is 7.77. The zero-order valence-corrected chi connectivity index (χ0v) is 18.2. The summed E-state index contributed by atoms with van der Waals surface area (Å²) in [6.07, 6.45) is 5.15. The van der Waals surface area contributed by atoms with E-state index in [0.717, 1.165) is 44.8 Å². The molecule has 32 heavy (non-hydrogen) atoms. The van der Waals surface area contributed by atoms with Crippen molar-refractivity contribution in [3.05, 3.63) is 101 Å². The summed E-state index contributed by atoms with van der Waals surface area (Å²) in [7, 11) is 0. The molecule has 160 valence electrons. The molecule has 0 saturated carbocycles. The average Bonchev–Trinajstić information content (AvgIpc) is 2.77. The lowest BCUT2D eigenvalue weighted by molar-refractivity contribution is 0.0946. The summed E-state index contributed by atoms with van der Waals surface area (Å²) in [5.74, 6) is -0.580. The third-order valence-corrected chi connectivity index (χ3v) is 5.24. The molecule has 0 bridgehead atoms. The summed E-state index contributed by atoms with van der Waals surface area (Å²) in [5, 5.41) is 2.89. The molecule has 0 aliphatic heterocycles. The first-order chi connectivity index (χ1) is 15.4. The van der Waals surface area contributed by atoms with Crippen LogP contribution in [-0.4, -0.2) is 20.9 Å². The van der Waals surface area contributed by atoms with Gasteiger partial charge in [0.15, 0.2) is 0 Å². The molecule has 6 heteroatoms. The summed E-state index contributed by atoms with van der Waals surface area (Å²) < 4.78 is 13.5. The fourth-order valence-electron chi connectivity index (χ4n) is 3.64. The average molecular weight is 426 g/mol. The van der Waals surface area contributed by atoms with Gasteiger partial charge in [0.2, 0.25) is 0 Å². The van der Waals surface area contributed by atoms with E-state index in [1.54, 1.807) is 30.7 Å². The molecule has 0 radical (unpaired) electrons. The predicted molar refractivity (Wildman–Crippen MR) is 122 cm³/mol. The van der Waals surface area contributed by atoms with Crippen LogP contribution in [0.5, 0.6) is 0 Å². The number of hydrogen-bond donors (Lipinski definition) is 1. The van der Waals surface area contributed by atoms with Crippen molar-refractivity contribution in [1.82, 2.24) is 20.3 Å². The van der Waals surface area contributed by atoms with Crippen molar-refractivity contribution in [3.63, 3.8) is 0 Å². The van der Waals surface area contributed by atoms with Crippen molar-refractivity contribution in [2.45, 2.75) is 27.3 Å². The predicted octanol–water partition coefficient (Wildman–Crippen LogP) is 5.20. The molecule has 0 spiro atoms. The fraction of sp³-hybridized carbons (Fsp3) is 0.154. The first kappa shape index (κ1) is 21.3. The van der Waals surface area contributed by atoms with Gasteiger partial charge in [-0.05, 0) is 73.4 Å². The van der Waals surface area contributed by atoms with Crippen molar-refractivity contribution in [2.75, 3.05) is 0 Å². The van der Waals surface area contributed by atoms with Gasteiger partial charge in [0.05, 0.1) is 5.69 Å². The largest absolute Gasteiger partial charge is 0.347 e. The van der Waals surface area contributed by atoms with Gasteiger partial charge in [0, 0.05) is 42.0 Å². The second kappa shape index (κ2) is 9.06. The first-order valence-corrected chi connectivity index (χ1v) is 10.3. The maximum atomic E-state index is 13.5. The van der Waals surface area contributed by atoms with E-state index in [0.29, 0.717) is 12.2 Å². The number of carbonyl (C=O) groups excluding carboxylic acids is 1. The van der Waals surface area contributed by atoms with Gasteiger partial charge in [-0.2, -0.15) is 0 Å². The van der Waals surface area contributed by atoms with E-state index < -0.39 is 0 Å². The Hall–Kier alpha value is -3.93. The molecule has 4 aromatic rings. The normalized spacial score (nSPS) is 10.8. The van der Waals surface area contributed by atoms with Crippen molar-refractivity contribution in [2.24, 2.45) is 0 Å². The molecule has 3 heterocycles. The molecule has 0 fully saturated rings. The molecular formula is C26H23FN4O. The Morgan fingerprint density at radius 2 is 1.75 bits per heavy atom. The summed E-state index contributed by atoms with van der Waals surface area (Å²) in [6.45, 7) is 6.17. The summed E-state index contributed by atoms with van der Waals surface area (Å²) in [6, 6.07) is 14.0. The number of rotatable bonds is 5. The standard InChI is InChI=1S/C26H23FN4O/c1-16-10-24(29-15-23(16)20-5-4-6-22(27)12-20)26(32)31-14-19-9-17(2)25(30-13-19)21-7-8-28-18(3)11-21/h4-13,15H,14H2,1-3H3,(H,31,32). The number of halogens is 1. The minimum absolute atomic E-state index is 0.273. The Morgan fingerprint density at radius 3 is 2.47 bits per heavy atom. The fourth-order valence-corrected chi connectivity index (χ4v) is 3.64. The second-order valence-electron chi connectivity index (χ2n) is 7.77. The van der Waals surface area contributed by atoms with Crippen LogP contribution in [0.4, 0.5) is 4.39 Å². The van der Waals surface area contributed by atoms with Gasteiger partial charge in [-0.3, -0.25) is 19.7 Å². The van der Waals surface area contributed by atoms with Gasteiger partial charge in [0.1, 0.15) is 11.5 Å². The molecule has 0 aliphatic rings. The maximum absolute atomic E-state index is 13.5. The van der Waals surface area contributed by atoms with Gasteiger partial charge >= 0.3 is 0 Å². The Balaban J connectivity index is 1.46. The first-order valence-electron chi connectivity index (χ1n) is 10.3. The lowest BCUT2D eigenvalue weighted by Gasteiger charge is -2.11. The third kappa shape index (κ3) is 4.70. The molecule has 1 amide bonds. The molecule has 0 atom stereocenters. The Kier molecular flexibility index (Phi) is 6.03. The van der Waals surface area contributed by atoms with Crippen LogP contribution in [0.2, 0.25) is 0 Å². The molecule has 1 aromatic carbocycles. The Morgan fingerprint density at radius 1 is 0.906 bits per heavy atom. The van der Waals surface area contributed by atoms with E-state index in [2.05, 4.69) is 20.3 Å². The van der Waals surface area contributed by atoms with Gasteiger partial charge in [-0.1, -0.05) is 18.2 Å². The van der Waals surface area contributed by atoms with Crippen LogP contribution in [-0.2, 0) is 6.54 Å². The maximum Gasteiger partial charge on any atom is 0.270 e. The molecule has 3 aromatic heterocycles. The van der Waals surface area contributed by atoms with Crippen LogP contribution in [0.3, 0.4) is 0 Å². The number of amides is 1. The van der Waals surface area contributed by atoms with Crippen LogP contribution >= 0.6 is 0 Å². The number of hydrogen-bond acceptors (Lipinski definition) is 4. The molecule has 1 N–H and O–H groups in total. The molecule has 4 rings (SSSR count). The minimum Gasteiger partial charge on any atom is -0.347 e. The van der Waals surface area contributed by atoms with Crippen molar-refractivity contribution < 1.29 is 9.18 Å². The zero-order chi connectivity index (χ0) is 22.7. The lowest BCUT2D eigenvalue weighted by Crippen LogP contribution is -2.24. The van der Waals surface area contributed by atoms with Crippen LogP contribution in [0.15, 0.2) is 67.1 Å². The number of carbonyl (C=O) groups is 1. The molecule has 5 nitrogen and oxygen atoms in total. The van der Waals surface area contributed by atoms with Crippen LogP contribution < -0.4 is 5.32 Å². The third-order valence-electron chi connectivity index (χ3n) is 5.24. The van der Waals surface area contributed by atoms with E-state index in [1.165, 1.54) is 12.1 Å². The molecule has 0 saturated heterocycles. The zero-order valence-electron chi connectivity index (χ0n) is 18.2. The smallest absolute Gasteiger partial charge is 0.270 e. The molecule has 0 aliphatic carbocycles. The monoisotopic (exact) mass is 426 g/mol. The summed E-state index contributed by atoms with van der Waals surface area (Å²) >= 11 is 0. The van der Waals surface area contributed by atoms with Gasteiger partial charge in [-0.25, -0.2) is 4.39 Å². The van der Waals surface area contributed by atoms with Crippen LogP contribution in [0.25, 0.3) is 22.4 Å². The topological polar surface area (TPSA) is 67.8 Å². The van der Waals surface area contributed by atoms with Crippen LogP contribution in [0, 0.1) is 26.6 Å². The van der Waals surface area contributed by atoms with Crippen LogP contribution in [0.1, 0.15) is 32.9 Å².